The lowest BCUT2D eigenvalue weighted by molar-refractivity contribution is -0.141. The van der Waals surface area contributed by atoms with Gasteiger partial charge in [0.2, 0.25) is 0 Å². The first-order valence-corrected chi connectivity index (χ1v) is 6.42. The van der Waals surface area contributed by atoms with E-state index in [1.54, 1.807) is 0 Å². The molecule has 1 fully saturated rings. The minimum Gasteiger partial charge on any atom is -0.297 e. The van der Waals surface area contributed by atoms with Crippen LogP contribution in [0.15, 0.2) is 0 Å². The van der Waals surface area contributed by atoms with Gasteiger partial charge in [-0.3, -0.25) is 9.69 Å². The standard InChI is InChI=1S/C14H27NO/c1-11-8-7-9-14(10-11,15(5)6)12(16)13(2,3)4/h11H,7-10H2,1-6H3. The zero-order valence-corrected chi connectivity index (χ0v) is 11.8. The second kappa shape index (κ2) is 4.48. The molecule has 0 N–H and O–H groups in total. The molecule has 0 bridgehead atoms. The van der Waals surface area contributed by atoms with Crippen molar-refractivity contribution in [1.82, 2.24) is 4.90 Å². The molecule has 2 unspecified atom stereocenters. The van der Waals surface area contributed by atoms with E-state index in [1.165, 1.54) is 12.8 Å². The fourth-order valence-corrected chi connectivity index (χ4v) is 3.04. The Labute approximate surface area is 100 Å². The first kappa shape index (κ1) is 13.7. The summed E-state index contributed by atoms with van der Waals surface area (Å²) in [6.07, 6.45) is 4.50. The number of nitrogens with zero attached hydrogens (tertiary/aromatic N) is 1. The largest absolute Gasteiger partial charge is 0.297 e. The van der Waals surface area contributed by atoms with Crippen LogP contribution in [-0.2, 0) is 4.79 Å². The molecule has 0 spiro atoms. The fraction of sp³-hybridized carbons (Fsp3) is 0.929. The Kier molecular flexibility index (Phi) is 3.83. The normalized spacial score (nSPS) is 31.8. The van der Waals surface area contributed by atoms with Crippen LogP contribution in [0.3, 0.4) is 0 Å². The van der Waals surface area contributed by atoms with Gasteiger partial charge in [-0.1, -0.05) is 40.5 Å². The third kappa shape index (κ3) is 2.48. The smallest absolute Gasteiger partial charge is 0.158 e. The third-order valence-electron chi connectivity index (χ3n) is 3.93. The maximum atomic E-state index is 12.7. The molecule has 0 aromatic rings. The van der Waals surface area contributed by atoms with Crippen LogP contribution >= 0.6 is 0 Å². The predicted octanol–water partition coefficient (Wildman–Crippen LogP) is 3.11. The van der Waals surface area contributed by atoms with Crippen molar-refractivity contribution in [3.8, 4) is 0 Å². The van der Waals surface area contributed by atoms with Gasteiger partial charge < -0.3 is 0 Å². The molecular weight excluding hydrogens is 198 g/mol. The first-order valence-electron chi connectivity index (χ1n) is 6.42. The van der Waals surface area contributed by atoms with E-state index in [0.717, 1.165) is 12.8 Å². The van der Waals surface area contributed by atoms with Gasteiger partial charge >= 0.3 is 0 Å². The Balaban J connectivity index is 3.02. The predicted molar refractivity (Wildman–Crippen MR) is 68.5 cm³/mol. The molecule has 2 atom stereocenters. The van der Waals surface area contributed by atoms with Crippen molar-refractivity contribution in [2.75, 3.05) is 14.1 Å². The summed E-state index contributed by atoms with van der Waals surface area (Å²) in [5.74, 6) is 1.08. The lowest BCUT2D eigenvalue weighted by Gasteiger charge is -2.46. The van der Waals surface area contributed by atoms with Gasteiger partial charge in [0.1, 0.15) is 0 Å². The molecule has 1 aliphatic carbocycles. The monoisotopic (exact) mass is 225 g/mol. The molecule has 0 heterocycles. The summed E-state index contributed by atoms with van der Waals surface area (Å²) in [4.78, 5) is 14.8. The Morgan fingerprint density at radius 1 is 1.31 bits per heavy atom. The Morgan fingerprint density at radius 3 is 2.25 bits per heavy atom. The minimum atomic E-state index is -0.235. The highest BCUT2D eigenvalue weighted by Crippen LogP contribution is 2.40. The first-order chi connectivity index (χ1) is 7.20. The van der Waals surface area contributed by atoms with Crippen molar-refractivity contribution in [2.45, 2.75) is 58.9 Å². The van der Waals surface area contributed by atoms with Crippen LogP contribution < -0.4 is 0 Å². The summed E-state index contributed by atoms with van der Waals surface area (Å²) >= 11 is 0. The van der Waals surface area contributed by atoms with E-state index in [-0.39, 0.29) is 11.0 Å². The highest BCUT2D eigenvalue weighted by molar-refractivity contribution is 5.92. The molecule has 1 aliphatic rings. The Hall–Kier alpha value is -0.370. The molecule has 0 radical (unpaired) electrons. The Morgan fingerprint density at radius 2 is 1.88 bits per heavy atom. The van der Waals surface area contributed by atoms with Crippen LogP contribution in [0.4, 0.5) is 0 Å². The van der Waals surface area contributed by atoms with Gasteiger partial charge in [0, 0.05) is 5.41 Å². The average Bonchev–Trinajstić information content (AvgIpc) is 2.14. The van der Waals surface area contributed by atoms with Crippen LogP contribution in [0.25, 0.3) is 0 Å². The third-order valence-corrected chi connectivity index (χ3v) is 3.93. The van der Waals surface area contributed by atoms with Crippen molar-refractivity contribution in [2.24, 2.45) is 11.3 Å². The number of Topliss-reactive ketones (excluding diaryl/α,β-unsaturated/α-hetero) is 1. The molecule has 16 heavy (non-hydrogen) atoms. The van der Waals surface area contributed by atoms with E-state index in [4.69, 9.17) is 0 Å². The molecule has 94 valence electrons. The molecule has 1 saturated carbocycles. The second-order valence-corrected chi connectivity index (χ2v) is 6.71. The number of carbonyl (C=O) groups excluding carboxylic acids is 1. The molecule has 0 amide bonds. The highest BCUT2D eigenvalue weighted by atomic mass is 16.1. The molecule has 2 heteroatoms. The van der Waals surface area contributed by atoms with E-state index in [9.17, 15) is 4.79 Å². The maximum Gasteiger partial charge on any atom is 0.158 e. The van der Waals surface area contributed by atoms with Gasteiger partial charge in [0.05, 0.1) is 5.54 Å². The fourth-order valence-electron chi connectivity index (χ4n) is 3.04. The molecule has 0 aromatic heterocycles. The van der Waals surface area contributed by atoms with E-state index < -0.39 is 0 Å². The number of rotatable bonds is 2. The summed E-state index contributed by atoms with van der Waals surface area (Å²) in [6.45, 7) is 8.40. The zero-order valence-electron chi connectivity index (χ0n) is 11.8. The summed E-state index contributed by atoms with van der Waals surface area (Å²) < 4.78 is 0. The van der Waals surface area contributed by atoms with Gasteiger partial charge in [-0.2, -0.15) is 0 Å². The van der Waals surface area contributed by atoms with Gasteiger partial charge in [-0.25, -0.2) is 0 Å². The molecular formula is C14H27NO. The van der Waals surface area contributed by atoms with Gasteiger partial charge in [-0.15, -0.1) is 0 Å². The van der Waals surface area contributed by atoms with Crippen LogP contribution in [-0.4, -0.2) is 30.3 Å². The quantitative estimate of drug-likeness (QED) is 0.719. The van der Waals surface area contributed by atoms with Crippen molar-refractivity contribution >= 4 is 5.78 Å². The van der Waals surface area contributed by atoms with Crippen LogP contribution in [0.5, 0.6) is 0 Å². The molecule has 2 nitrogen and oxygen atoms in total. The summed E-state index contributed by atoms with van der Waals surface area (Å²) in [6, 6.07) is 0. The minimum absolute atomic E-state index is 0.212. The lowest BCUT2D eigenvalue weighted by atomic mass is 9.67. The summed E-state index contributed by atoms with van der Waals surface area (Å²) in [5.41, 5.74) is -0.447. The number of carbonyl (C=O) groups is 1. The van der Waals surface area contributed by atoms with E-state index in [0.29, 0.717) is 11.7 Å². The van der Waals surface area contributed by atoms with E-state index >= 15 is 0 Å². The second-order valence-electron chi connectivity index (χ2n) is 6.71. The van der Waals surface area contributed by atoms with Crippen molar-refractivity contribution in [1.29, 1.82) is 0 Å². The topological polar surface area (TPSA) is 20.3 Å². The number of hydrogen-bond donors (Lipinski definition) is 0. The Bertz CT molecular complexity index is 264. The van der Waals surface area contributed by atoms with Gasteiger partial charge in [0.15, 0.2) is 5.78 Å². The summed E-state index contributed by atoms with van der Waals surface area (Å²) in [7, 11) is 4.11. The van der Waals surface area contributed by atoms with Crippen molar-refractivity contribution in [3.63, 3.8) is 0 Å². The number of hydrogen-bond acceptors (Lipinski definition) is 2. The van der Waals surface area contributed by atoms with Crippen LogP contribution in [0.1, 0.15) is 53.4 Å². The maximum absolute atomic E-state index is 12.7. The van der Waals surface area contributed by atoms with Crippen molar-refractivity contribution < 1.29 is 4.79 Å². The molecule has 0 saturated heterocycles. The highest BCUT2D eigenvalue weighted by Gasteiger charge is 2.47. The average molecular weight is 225 g/mol. The van der Waals surface area contributed by atoms with Crippen molar-refractivity contribution in [3.05, 3.63) is 0 Å². The lowest BCUT2D eigenvalue weighted by Crippen LogP contribution is -2.57. The number of likely N-dealkylation sites (N-methyl/N-ethyl adjacent to an activating group) is 1. The van der Waals surface area contributed by atoms with Gasteiger partial charge in [0.25, 0.3) is 0 Å². The summed E-state index contributed by atoms with van der Waals surface area (Å²) in [5, 5.41) is 0. The van der Waals surface area contributed by atoms with Crippen LogP contribution in [0, 0.1) is 11.3 Å². The van der Waals surface area contributed by atoms with E-state index in [1.807, 2.05) is 20.8 Å². The molecule has 0 aromatic carbocycles. The zero-order chi connectivity index (χ0) is 12.6. The van der Waals surface area contributed by atoms with Gasteiger partial charge in [-0.05, 0) is 32.9 Å². The number of ketones is 1. The molecule has 1 rings (SSSR count). The van der Waals surface area contributed by atoms with E-state index in [2.05, 4.69) is 25.9 Å². The molecule has 0 aliphatic heterocycles. The SMILES string of the molecule is CC1CCCC(C(=O)C(C)(C)C)(N(C)C)C1. The van der Waals surface area contributed by atoms with Crippen LogP contribution in [0.2, 0.25) is 0 Å².